The number of nitrogens with one attached hydrogen (secondary N) is 1. The van der Waals surface area contributed by atoms with Gasteiger partial charge in [0.2, 0.25) is 5.91 Å². The number of benzene rings is 1. The smallest absolute Gasteiger partial charge is 0.238 e. The number of anilines is 1. The minimum Gasteiger partial charge on any atom is -0.324 e. The average molecular weight is 322 g/mol. The maximum atomic E-state index is 12.2. The first-order valence-electron chi connectivity index (χ1n) is 7.71. The maximum absolute atomic E-state index is 12.2. The van der Waals surface area contributed by atoms with Crippen molar-refractivity contribution in [3.63, 3.8) is 0 Å². The standard InChI is InChI=1S/C17H24ClN3O/c1-4-5-6-9-21(13(2)3)12-17(22)20-16-10-15(18)8-7-14(16)11-19/h7-8,10,13H,4-6,9,12H2,1-3H3,(H,20,22). The average Bonchev–Trinajstić information content (AvgIpc) is 2.46. The van der Waals surface area contributed by atoms with Crippen LogP contribution in [-0.2, 0) is 4.79 Å². The molecule has 22 heavy (non-hydrogen) atoms. The van der Waals surface area contributed by atoms with Crippen molar-refractivity contribution in [1.82, 2.24) is 4.90 Å². The van der Waals surface area contributed by atoms with Crippen LogP contribution in [0.1, 0.15) is 45.6 Å². The number of nitrogens with zero attached hydrogens (tertiary/aromatic N) is 2. The first-order chi connectivity index (χ1) is 10.5. The molecule has 0 atom stereocenters. The van der Waals surface area contributed by atoms with Gasteiger partial charge in [-0.2, -0.15) is 5.26 Å². The molecule has 0 aromatic heterocycles. The van der Waals surface area contributed by atoms with E-state index < -0.39 is 0 Å². The van der Waals surface area contributed by atoms with E-state index in [1.54, 1.807) is 18.2 Å². The molecule has 0 saturated heterocycles. The van der Waals surface area contributed by atoms with Gasteiger partial charge in [0, 0.05) is 11.1 Å². The van der Waals surface area contributed by atoms with E-state index in [4.69, 9.17) is 16.9 Å². The van der Waals surface area contributed by atoms with Gasteiger partial charge in [-0.15, -0.1) is 0 Å². The molecule has 0 spiro atoms. The Morgan fingerprint density at radius 1 is 1.41 bits per heavy atom. The Morgan fingerprint density at radius 2 is 2.14 bits per heavy atom. The fraction of sp³-hybridized carbons (Fsp3) is 0.529. The van der Waals surface area contributed by atoms with Crippen molar-refractivity contribution in [3.05, 3.63) is 28.8 Å². The highest BCUT2D eigenvalue weighted by molar-refractivity contribution is 6.31. The minimum atomic E-state index is -0.121. The van der Waals surface area contributed by atoms with Crippen LogP contribution in [0.5, 0.6) is 0 Å². The van der Waals surface area contributed by atoms with Crippen molar-refractivity contribution >= 4 is 23.2 Å². The first kappa shape index (κ1) is 18.5. The van der Waals surface area contributed by atoms with Gasteiger partial charge >= 0.3 is 0 Å². The lowest BCUT2D eigenvalue weighted by atomic mass is 10.2. The summed E-state index contributed by atoms with van der Waals surface area (Å²) in [5.74, 6) is -0.121. The molecule has 0 aliphatic heterocycles. The highest BCUT2D eigenvalue weighted by Gasteiger charge is 2.15. The highest BCUT2D eigenvalue weighted by atomic mass is 35.5. The van der Waals surface area contributed by atoms with Gasteiger partial charge in [-0.1, -0.05) is 31.4 Å². The van der Waals surface area contributed by atoms with Crippen LogP contribution in [-0.4, -0.2) is 29.9 Å². The molecule has 0 heterocycles. The van der Waals surface area contributed by atoms with E-state index in [1.165, 1.54) is 0 Å². The summed E-state index contributed by atoms with van der Waals surface area (Å²) >= 11 is 5.93. The van der Waals surface area contributed by atoms with E-state index in [1.807, 2.05) is 0 Å². The molecule has 0 fully saturated rings. The van der Waals surface area contributed by atoms with Crippen LogP contribution >= 0.6 is 11.6 Å². The zero-order valence-electron chi connectivity index (χ0n) is 13.5. The van der Waals surface area contributed by atoms with Crippen LogP contribution in [0.15, 0.2) is 18.2 Å². The number of amides is 1. The van der Waals surface area contributed by atoms with Crippen molar-refractivity contribution < 1.29 is 4.79 Å². The van der Waals surface area contributed by atoms with Gasteiger partial charge in [-0.3, -0.25) is 9.69 Å². The quantitative estimate of drug-likeness (QED) is 0.735. The molecule has 1 aromatic carbocycles. The largest absolute Gasteiger partial charge is 0.324 e. The third kappa shape index (κ3) is 6.05. The SMILES string of the molecule is CCCCCN(CC(=O)Nc1cc(Cl)ccc1C#N)C(C)C. The van der Waals surface area contributed by atoms with Crippen LogP contribution in [0.4, 0.5) is 5.69 Å². The van der Waals surface area contributed by atoms with Gasteiger partial charge < -0.3 is 5.32 Å². The second-order valence-electron chi connectivity index (χ2n) is 5.62. The third-order valence-electron chi connectivity index (χ3n) is 3.50. The molecule has 1 amide bonds. The van der Waals surface area contributed by atoms with Gasteiger partial charge in [0.05, 0.1) is 17.8 Å². The van der Waals surface area contributed by atoms with Gasteiger partial charge in [-0.05, 0) is 45.0 Å². The molecular weight excluding hydrogens is 298 g/mol. The lowest BCUT2D eigenvalue weighted by molar-refractivity contribution is -0.117. The summed E-state index contributed by atoms with van der Waals surface area (Å²) in [6, 6.07) is 7.22. The number of halogens is 1. The highest BCUT2D eigenvalue weighted by Crippen LogP contribution is 2.20. The summed E-state index contributed by atoms with van der Waals surface area (Å²) in [5, 5.41) is 12.4. The molecule has 4 nitrogen and oxygen atoms in total. The van der Waals surface area contributed by atoms with Crippen LogP contribution in [0.25, 0.3) is 0 Å². The summed E-state index contributed by atoms with van der Waals surface area (Å²) < 4.78 is 0. The molecule has 0 radical (unpaired) electrons. The summed E-state index contributed by atoms with van der Waals surface area (Å²) in [6.45, 7) is 7.55. The predicted octanol–water partition coefficient (Wildman–Crippen LogP) is 4.05. The van der Waals surface area contributed by atoms with Crippen LogP contribution in [0.3, 0.4) is 0 Å². The number of carbonyl (C=O) groups is 1. The van der Waals surface area contributed by atoms with E-state index in [0.717, 1.165) is 25.8 Å². The van der Waals surface area contributed by atoms with Crippen LogP contribution in [0.2, 0.25) is 5.02 Å². The number of hydrogen-bond donors (Lipinski definition) is 1. The Bertz CT molecular complexity index is 537. The molecule has 0 saturated carbocycles. The third-order valence-corrected chi connectivity index (χ3v) is 3.74. The summed E-state index contributed by atoms with van der Waals surface area (Å²) in [4.78, 5) is 14.4. The fourth-order valence-electron chi connectivity index (χ4n) is 2.18. The number of carbonyl (C=O) groups excluding carboxylic acids is 1. The van der Waals surface area contributed by atoms with Gasteiger partial charge in [-0.25, -0.2) is 0 Å². The van der Waals surface area contributed by atoms with E-state index >= 15 is 0 Å². The number of nitriles is 1. The Labute approximate surface area is 138 Å². The predicted molar refractivity (Wildman–Crippen MR) is 91.0 cm³/mol. The molecule has 1 aromatic rings. The van der Waals surface area contributed by atoms with E-state index in [9.17, 15) is 4.79 Å². The van der Waals surface area contributed by atoms with E-state index in [-0.39, 0.29) is 5.91 Å². The lowest BCUT2D eigenvalue weighted by Crippen LogP contribution is -2.38. The van der Waals surface area contributed by atoms with Crippen molar-refractivity contribution in [2.24, 2.45) is 0 Å². The number of unbranched alkanes of at least 4 members (excludes halogenated alkanes) is 2. The second kappa shape index (κ2) is 9.45. The second-order valence-corrected chi connectivity index (χ2v) is 6.06. The monoisotopic (exact) mass is 321 g/mol. The topological polar surface area (TPSA) is 56.1 Å². The molecule has 5 heteroatoms. The number of rotatable bonds is 8. The Kier molecular flexibility index (Phi) is 7.94. The molecule has 120 valence electrons. The summed E-state index contributed by atoms with van der Waals surface area (Å²) in [7, 11) is 0. The Balaban J connectivity index is 2.67. The molecule has 0 aliphatic rings. The fourth-order valence-corrected chi connectivity index (χ4v) is 2.35. The lowest BCUT2D eigenvalue weighted by Gasteiger charge is -2.25. The number of hydrogen-bond acceptors (Lipinski definition) is 3. The van der Waals surface area contributed by atoms with Crippen LogP contribution < -0.4 is 5.32 Å². The van der Waals surface area contributed by atoms with Crippen molar-refractivity contribution in [3.8, 4) is 6.07 Å². The molecular formula is C17H24ClN3O. The van der Waals surface area contributed by atoms with Crippen molar-refractivity contribution in [1.29, 1.82) is 5.26 Å². The molecule has 1 rings (SSSR count). The normalized spacial score (nSPS) is 10.8. The first-order valence-corrected chi connectivity index (χ1v) is 8.09. The summed E-state index contributed by atoms with van der Waals surface area (Å²) in [5.41, 5.74) is 0.886. The molecule has 1 N–H and O–H groups in total. The minimum absolute atomic E-state index is 0.121. The maximum Gasteiger partial charge on any atom is 0.238 e. The Hall–Kier alpha value is -1.57. The van der Waals surface area contributed by atoms with Gasteiger partial charge in [0.15, 0.2) is 0 Å². The molecule has 0 aliphatic carbocycles. The van der Waals surface area contributed by atoms with Gasteiger partial charge in [0.1, 0.15) is 6.07 Å². The molecule has 0 unspecified atom stereocenters. The zero-order valence-corrected chi connectivity index (χ0v) is 14.3. The van der Waals surface area contributed by atoms with E-state index in [0.29, 0.717) is 28.9 Å². The zero-order chi connectivity index (χ0) is 16.5. The summed E-state index contributed by atoms with van der Waals surface area (Å²) in [6.07, 6.45) is 3.41. The van der Waals surface area contributed by atoms with Crippen molar-refractivity contribution in [2.45, 2.75) is 46.1 Å². The van der Waals surface area contributed by atoms with Crippen molar-refractivity contribution in [2.75, 3.05) is 18.4 Å². The Morgan fingerprint density at radius 3 is 2.73 bits per heavy atom. The van der Waals surface area contributed by atoms with E-state index in [2.05, 4.69) is 37.1 Å². The van der Waals surface area contributed by atoms with Crippen LogP contribution in [0, 0.1) is 11.3 Å². The molecule has 0 bridgehead atoms. The van der Waals surface area contributed by atoms with Gasteiger partial charge in [0.25, 0.3) is 0 Å².